The summed E-state index contributed by atoms with van der Waals surface area (Å²) in [5.74, 6) is 1.59. The minimum absolute atomic E-state index is 0.0754. The first kappa shape index (κ1) is 25.7. The number of nitrogens with zero attached hydrogens (tertiary/aromatic N) is 3. The van der Waals surface area contributed by atoms with Crippen molar-refractivity contribution in [3.8, 4) is 11.5 Å². The number of benzene rings is 3. The smallest absolute Gasteiger partial charge is 0.256 e. The normalized spacial score (nSPS) is 17.1. The van der Waals surface area contributed by atoms with E-state index in [4.69, 9.17) is 9.47 Å². The van der Waals surface area contributed by atoms with Crippen molar-refractivity contribution < 1.29 is 14.3 Å². The van der Waals surface area contributed by atoms with Crippen LogP contribution in [0.3, 0.4) is 0 Å². The lowest BCUT2D eigenvalue weighted by molar-refractivity contribution is -0.125. The highest BCUT2D eigenvalue weighted by atomic mass is 16.5. The fraction of sp³-hybridized carbons (Fsp3) is 0.367. The molecular formula is C30H37N3O3. The maximum atomic E-state index is 14.6. The second-order valence-electron chi connectivity index (χ2n) is 9.18. The van der Waals surface area contributed by atoms with E-state index in [0.717, 1.165) is 53.5 Å². The molecule has 190 valence electrons. The number of hydrogen-bond donors (Lipinski definition) is 0. The maximum absolute atomic E-state index is 14.6. The van der Waals surface area contributed by atoms with Gasteiger partial charge in [0.05, 0.1) is 19.9 Å². The number of hydrogen-bond acceptors (Lipinski definition) is 5. The third-order valence-electron chi connectivity index (χ3n) is 7.34. The van der Waals surface area contributed by atoms with E-state index in [0.29, 0.717) is 13.0 Å². The number of rotatable bonds is 11. The fourth-order valence-electron chi connectivity index (χ4n) is 5.34. The maximum Gasteiger partial charge on any atom is 0.256 e. The van der Waals surface area contributed by atoms with Crippen LogP contribution in [0.15, 0.2) is 72.8 Å². The van der Waals surface area contributed by atoms with E-state index in [1.807, 2.05) is 65.6 Å². The molecule has 0 fully saturated rings. The molecule has 0 aromatic heterocycles. The van der Waals surface area contributed by atoms with Crippen molar-refractivity contribution in [2.75, 3.05) is 45.9 Å². The monoisotopic (exact) mass is 487 g/mol. The molecule has 0 saturated heterocycles. The first-order chi connectivity index (χ1) is 17.5. The van der Waals surface area contributed by atoms with Crippen molar-refractivity contribution in [2.24, 2.45) is 0 Å². The van der Waals surface area contributed by atoms with Crippen LogP contribution in [0.2, 0.25) is 0 Å². The molecule has 0 saturated carbocycles. The summed E-state index contributed by atoms with van der Waals surface area (Å²) in [6, 6.07) is 24.2. The van der Waals surface area contributed by atoms with Crippen LogP contribution >= 0.6 is 0 Å². The zero-order valence-corrected chi connectivity index (χ0v) is 22.0. The van der Waals surface area contributed by atoms with Crippen LogP contribution in [0.4, 0.5) is 5.69 Å². The number of anilines is 1. The lowest BCUT2D eigenvalue weighted by atomic mass is 9.72. The lowest BCUT2D eigenvalue weighted by Gasteiger charge is -2.34. The average molecular weight is 488 g/mol. The van der Waals surface area contributed by atoms with Gasteiger partial charge in [-0.15, -0.1) is 0 Å². The van der Waals surface area contributed by atoms with Crippen LogP contribution < -0.4 is 14.5 Å². The Hall–Kier alpha value is -3.35. The van der Waals surface area contributed by atoms with Crippen molar-refractivity contribution in [3.05, 3.63) is 89.5 Å². The third-order valence-corrected chi connectivity index (χ3v) is 7.34. The number of ether oxygens (including phenoxy) is 2. The molecule has 1 atom stereocenters. The number of para-hydroxylation sites is 1. The summed E-state index contributed by atoms with van der Waals surface area (Å²) in [7, 11) is 5.27. The van der Waals surface area contributed by atoms with Gasteiger partial charge in [-0.05, 0) is 61.4 Å². The summed E-state index contributed by atoms with van der Waals surface area (Å²) in [6.45, 7) is 7.58. The first-order valence-electron chi connectivity index (χ1n) is 12.6. The van der Waals surface area contributed by atoms with Gasteiger partial charge in [0.1, 0.15) is 16.9 Å². The summed E-state index contributed by atoms with van der Waals surface area (Å²) in [4.78, 5) is 17.0. The Balaban J connectivity index is 1.78. The Bertz CT molecular complexity index is 1180. The largest absolute Gasteiger partial charge is 0.497 e. The van der Waals surface area contributed by atoms with Crippen molar-refractivity contribution in [1.82, 2.24) is 9.91 Å². The van der Waals surface area contributed by atoms with Crippen LogP contribution in [-0.2, 0) is 16.8 Å². The Kier molecular flexibility index (Phi) is 7.97. The number of carbonyl (C=O) groups is 1. The highest BCUT2D eigenvalue weighted by Gasteiger charge is 2.53. The number of fused-ring (bicyclic) bond motifs is 1. The number of hydrazine groups is 1. The Morgan fingerprint density at radius 1 is 0.889 bits per heavy atom. The number of carbonyl (C=O) groups excluding carboxylic acids is 1. The van der Waals surface area contributed by atoms with E-state index in [9.17, 15) is 4.79 Å². The molecule has 6 heteroatoms. The number of amides is 1. The van der Waals surface area contributed by atoms with E-state index in [1.54, 1.807) is 14.2 Å². The second kappa shape index (κ2) is 11.1. The minimum atomic E-state index is -0.757. The van der Waals surface area contributed by atoms with E-state index in [2.05, 4.69) is 43.0 Å². The van der Waals surface area contributed by atoms with Gasteiger partial charge in [-0.3, -0.25) is 4.79 Å². The zero-order valence-electron chi connectivity index (χ0n) is 22.0. The molecular weight excluding hydrogens is 450 g/mol. The molecule has 1 heterocycles. The van der Waals surface area contributed by atoms with Crippen LogP contribution in [0.25, 0.3) is 0 Å². The molecule has 0 spiro atoms. The Morgan fingerprint density at radius 3 is 2.25 bits per heavy atom. The fourth-order valence-corrected chi connectivity index (χ4v) is 5.34. The molecule has 0 bridgehead atoms. The highest BCUT2D eigenvalue weighted by molar-refractivity contribution is 6.09. The topological polar surface area (TPSA) is 45.3 Å². The highest BCUT2D eigenvalue weighted by Crippen LogP contribution is 2.49. The molecule has 6 nitrogen and oxygen atoms in total. The van der Waals surface area contributed by atoms with E-state index < -0.39 is 5.41 Å². The van der Waals surface area contributed by atoms with Gasteiger partial charge in [0.2, 0.25) is 0 Å². The minimum Gasteiger partial charge on any atom is -0.497 e. The average Bonchev–Trinajstić information content (AvgIpc) is 3.18. The Morgan fingerprint density at radius 2 is 1.58 bits per heavy atom. The van der Waals surface area contributed by atoms with Crippen LogP contribution in [0.1, 0.15) is 37.0 Å². The number of methoxy groups -OCH3 is 2. The standard InChI is InChI=1S/C30H37N3O3/c1-6-32(7-2)20-19-30(24-13-9-8-10-14-24)26-15-11-12-16-27(26)33(29(30)34)31(3)22-23-21-25(35-4)17-18-28(23)36-5/h8-18,21H,6-7,19-20,22H2,1-5H3. The molecule has 1 aliphatic heterocycles. The van der Waals surface area contributed by atoms with E-state index in [1.165, 1.54) is 0 Å². The van der Waals surface area contributed by atoms with Gasteiger partial charge in [-0.1, -0.05) is 62.4 Å². The van der Waals surface area contributed by atoms with Crippen molar-refractivity contribution >= 4 is 11.6 Å². The van der Waals surface area contributed by atoms with Crippen molar-refractivity contribution in [1.29, 1.82) is 0 Å². The van der Waals surface area contributed by atoms with Gasteiger partial charge in [0, 0.05) is 19.2 Å². The SMILES string of the molecule is CCN(CC)CCC1(c2ccccc2)C(=O)N(N(C)Cc2cc(OC)ccc2OC)c2ccccc21. The molecule has 4 rings (SSSR count). The third kappa shape index (κ3) is 4.59. The molecule has 0 radical (unpaired) electrons. The van der Waals surface area contributed by atoms with E-state index >= 15 is 0 Å². The van der Waals surface area contributed by atoms with Crippen molar-refractivity contribution in [3.63, 3.8) is 0 Å². The lowest BCUT2D eigenvalue weighted by Crippen LogP contribution is -2.49. The summed E-state index contributed by atoms with van der Waals surface area (Å²) in [6.07, 6.45) is 0.710. The van der Waals surface area contributed by atoms with Crippen molar-refractivity contribution in [2.45, 2.75) is 32.2 Å². The second-order valence-corrected chi connectivity index (χ2v) is 9.18. The van der Waals surface area contributed by atoms with Gasteiger partial charge in [-0.25, -0.2) is 10.0 Å². The van der Waals surface area contributed by atoms with E-state index in [-0.39, 0.29) is 5.91 Å². The van der Waals surface area contributed by atoms with Gasteiger partial charge in [0.15, 0.2) is 0 Å². The predicted molar refractivity (Wildman–Crippen MR) is 145 cm³/mol. The molecule has 36 heavy (non-hydrogen) atoms. The molecule has 1 unspecified atom stereocenters. The van der Waals surface area contributed by atoms with Crippen LogP contribution in [-0.4, -0.2) is 56.7 Å². The molecule has 1 amide bonds. The molecule has 3 aromatic carbocycles. The van der Waals surface area contributed by atoms with Crippen LogP contribution in [0.5, 0.6) is 11.5 Å². The molecule has 1 aliphatic rings. The zero-order chi connectivity index (χ0) is 25.7. The summed E-state index contributed by atoms with van der Waals surface area (Å²) in [5, 5.41) is 3.84. The van der Waals surface area contributed by atoms with Gasteiger partial charge >= 0.3 is 0 Å². The molecule has 0 N–H and O–H groups in total. The summed E-state index contributed by atoms with van der Waals surface area (Å²) < 4.78 is 11.1. The Labute approximate surface area is 215 Å². The summed E-state index contributed by atoms with van der Waals surface area (Å²) >= 11 is 0. The first-order valence-corrected chi connectivity index (χ1v) is 12.6. The van der Waals surface area contributed by atoms with Gasteiger partial charge in [-0.2, -0.15) is 0 Å². The van der Waals surface area contributed by atoms with Gasteiger partial charge < -0.3 is 14.4 Å². The molecule has 0 aliphatic carbocycles. The summed E-state index contributed by atoms with van der Waals surface area (Å²) in [5.41, 5.74) is 3.20. The quantitative estimate of drug-likeness (QED) is 0.376. The van der Waals surface area contributed by atoms with Crippen LogP contribution in [0, 0.1) is 0 Å². The molecule has 3 aromatic rings. The predicted octanol–water partition coefficient (Wildman–Crippen LogP) is 5.12. The van der Waals surface area contributed by atoms with Gasteiger partial charge in [0.25, 0.3) is 5.91 Å².